The van der Waals surface area contributed by atoms with Gasteiger partial charge in [0.15, 0.2) is 5.84 Å². The lowest BCUT2D eigenvalue weighted by atomic mass is 9.83. The van der Waals surface area contributed by atoms with Crippen LogP contribution in [0.3, 0.4) is 0 Å². The van der Waals surface area contributed by atoms with Crippen molar-refractivity contribution in [2.24, 2.45) is 21.8 Å². The Balaban J connectivity index is 1.05. The number of hydrogen-bond acceptors (Lipinski definition) is 4. The van der Waals surface area contributed by atoms with Crippen molar-refractivity contribution in [1.82, 2.24) is 9.88 Å². The van der Waals surface area contributed by atoms with Crippen molar-refractivity contribution in [2.45, 2.75) is 56.7 Å². The predicted octanol–water partition coefficient (Wildman–Crippen LogP) is 13.5. The molecule has 0 saturated heterocycles. The molecule has 6 aliphatic rings. The minimum atomic E-state index is -0.0485. The van der Waals surface area contributed by atoms with Gasteiger partial charge in [-0.1, -0.05) is 152 Å². The lowest BCUT2D eigenvalue weighted by molar-refractivity contribution is 0.419. The molecule has 5 atom stereocenters. The SMILES string of the molecule is C1=CCC(C2=NC(c3ccc(-n4c5c(c6c(N7c8ccccc8C8C=Cc9ccccc9C87)c7ccccc7cc64)C=CCC5)c4ccccc34)=NC(C3C=CCCC3)N2)C=C1. The molecule has 4 aliphatic carbocycles. The maximum atomic E-state index is 5.44. The number of amidine groups is 2. The fraction of sp³-hybridized carbons (Fsp3) is 0.193. The molecule has 13 rings (SSSR count). The number of para-hydroxylation sites is 1. The Labute approximate surface area is 362 Å². The first-order valence-electron chi connectivity index (χ1n) is 22.6. The summed E-state index contributed by atoms with van der Waals surface area (Å²) in [7, 11) is 0. The number of benzene rings is 6. The first kappa shape index (κ1) is 35.7. The summed E-state index contributed by atoms with van der Waals surface area (Å²) in [6.07, 6.45) is 29.4. The van der Waals surface area contributed by atoms with Gasteiger partial charge < -0.3 is 14.8 Å². The van der Waals surface area contributed by atoms with E-state index in [2.05, 4.69) is 191 Å². The van der Waals surface area contributed by atoms with Crippen LogP contribution < -0.4 is 10.2 Å². The van der Waals surface area contributed by atoms with Crippen molar-refractivity contribution >= 4 is 67.6 Å². The second-order valence-corrected chi connectivity index (χ2v) is 17.8. The first-order chi connectivity index (χ1) is 30.8. The van der Waals surface area contributed by atoms with E-state index in [1.807, 2.05) is 0 Å². The normalized spacial score (nSPS) is 23.2. The number of hydrogen-bond donors (Lipinski definition) is 1. The van der Waals surface area contributed by atoms with Gasteiger partial charge in [-0.25, -0.2) is 9.98 Å². The molecule has 300 valence electrons. The lowest BCUT2D eigenvalue weighted by Gasteiger charge is -2.34. The Kier molecular flexibility index (Phi) is 8.25. The third-order valence-corrected chi connectivity index (χ3v) is 14.3. The van der Waals surface area contributed by atoms with E-state index >= 15 is 0 Å². The third kappa shape index (κ3) is 5.47. The van der Waals surface area contributed by atoms with E-state index < -0.39 is 0 Å². The standard InChI is InChI=1S/C57H47N5/c1-3-18-37(19-4-1)55-58-56(38-20-5-2-6-21-38)60-57(59-55)46-33-34-50(43-26-12-11-25-42(43)46)61-49-30-16-14-28-47(49)52-51(61)35-39-22-8-10-24-41(39)54(52)62-48-29-15-13-27-44(48)45-32-31-36-17-7-9-23-40(36)53(45)62/h1,3-5,7-15,17-18,20,22-29,31-35,37-38,45,53,56H,2,6,16,19,21,30H2,(H,58,59,60). The Bertz CT molecular complexity index is 3220. The van der Waals surface area contributed by atoms with E-state index in [1.54, 1.807) is 0 Å². The van der Waals surface area contributed by atoms with Crippen molar-refractivity contribution in [3.8, 4) is 5.69 Å². The van der Waals surface area contributed by atoms with E-state index in [-0.39, 0.29) is 24.0 Å². The van der Waals surface area contributed by atoms with Gasteiger partial charge in [0.2, 0.25) is 0 Å². The Morgan fingerprint density at radius 3 is 2.40 bits per heavy atom. The van der Waals surface area contributed by atoms with Crippen molar-refractivity contribution in [3.05, 3.63) is 197 Å². The molecule has 0 bridgehead atoms. The molecule has 7 aromatic rings. The van der Waals surface area contributed by atoms with Crippen molar-refractivity contribution < 1.29 is 0 Å². The van der Waals surface area contributed by atoms with E-state index in [1.165, 1.54) is 83.9 Å². The summed E-state index contributed by atoms with van der Waals surface area (Å²) in [5.41, 5.74) is 12.9. The number of allylic oxidation sites excluding steroid dienone is 5. The summed E-state index contributed by atoms with van der Waals surface area (Å²) in [5.74, 6) is 2.64. The van der Waals surface area contributed by atoms with E-state index in [9.17, 15) is 0 Å². The van der Waals surface area contributed by atoms with Gasteiger partial charge in [0.25, 0.3) is 0 Å². The molecule has 5 nitrogen and oxygen atoms in total. The van der Waals surface area contributed by atoms with Crippen LogP contribution in [0.2, 0.25) is 0 Å². The number of aromatic nitrogens is 1. The number of nitrogens with one attached hydrogen (secondary N) is 1. The molecular formula is C57H47N5. The highest BCUT2D eigenvalue weighted by Crippen LogP contribution is 2.59. The minimum Gasteiger partial charge on any atom is -0.351 e. The monoisotopic (exact) mass is 801 g/mol. The van der Waals surface area contributed by atoms with Crippen LogP contribution in [0.1, 0.15) is 77.6 Å². The second-order valence-electron chi connectivity index (χ2n) is 17.8. The number of rotatable bonds is 5. The fourth-order valence-corrected chi connectivity index (χ4v) is 11.5. The molecule has 0 fully saturated rings. The summed E-state index contributed by atoms with van der Waals surface area (Å²) in [6, 6.07) is 43.4. The maximum Gasteiger partial charge on any atom is 0.159 e. The molecule has 1 aromatic heterocycles. The van der Waals surface area contributed by atoms with Crippen LogP contribution in [-0.2, 0) is 6.42 Å². The van der Waals surface area contributed by atoms with E-state index in [0.717, 1.165) is 49.3 Å². The number of aliphatic imine (C=N–C) groups is 2. The summed E-state index contributed by atoms with van der Waals surface area (Å²) < 4.78 is 2.61. The lowest BCUT2D eigenvalue weighted by Crippen LogP contribution is -2.45. The van der Waals surface area contributed by atoms with Gasteiger partial charge in [-0.3, -0.25) is 0 Å². The summed E-state index contributed by atoms with van der Waals surface area (Å²) in [6.45, 7) is 0. The molecule has 5 unspecified atom stereocenters. The molecule has 5 heteroatoms. The smallest absolute Gasteiger partial charge is 0.159 e. The van der Waals surface area contributed by atoms with Gasteiger partial charge in [-0.15, -0.1) is 0 Å². The van der Waals surface area contributed by atoms with Crippen LogP contribution in [0, 0.1) is 11.8 Å². The molecule has 62 heavy (non-hydrogen) atoms. The van der Waals surface area contributed by atoms with E-state index in [0.29, 0.717) is 5.92 Å². The van der Waals surface area contributed by atoms with Crippen LogP contribution in [-0.4, -0.2) is 22.4 Å². The predicted molar refractivity (Wildman–Crippen MR) is 259 cm³/mol. The fourth-order valence-electron chi connectivity index (χ4n) is 11.5. The van der Waals surface area contributed by atoms with Gasteiger partial charge in [0.1, 0.15) is 12.0 Å². The van der Waals surface area contributed by atoms with Gasteiger partial charge in [-0.2, -0.15) is 0 Å². The maximum absolute atomic E-state index is 5.44. The molecule has 0 saturated carbocycles. The average molecular weight is 802 g/mol. The third-order valence-electron chi connectivity index (χ3n) is 14.3. The average Bonchev–Trinajstić information content (AvgIpc) is 3.86. The van der Waals surface area contributed by atoms with Gasteiger partial charge in [-0.05, 0) is 90.3 Å². The van der Waals surface area contributed by atoms with Crippen molar-refractivity contribution in [2.75, 3.05) is 4.90 Å². The zero-order valence-electron chi connectivity index (χ0n) is 34.7. The number of nitrogens with zero attached hydrogens (tertiary/aromatic N) is 4. The summed E-state index contributed by atoms with van der Waals surface area (Å²) in [4.78, 5) is 13.5. The highest BCUT2D eigenvalue weighted by molar-refractivity contribution is 6.19. The van der Waals surface area contributed by atoms with Gasteiger partial charge in [0, 0.05) is 56.4 Å². The molecule has 6 aromatic carbocycles. The van der Waals surface area contributed by atoms with Crippen molar-refractivity contribution in [3.63, 3.8) is 0 Å². The van der Waals surface area contributed by atoms with Crippen LogP contribution >= 0.6 is 0 Å². The molecule has 2 aliphatic heterocycles. The topological polar surface area (TPSA) is 44.9 Å². The molecular weight excluding hydrogens is 755 g/mol. The minimum absolute atomic E-state index is 0.0485. The quantitative estimate of drug-likeness (QED) is 0.176. The summed E-state index contributed by atoms with van der Waals surface area (Å²) >= 11 is 0. The van der Waals surface area contributed by atoms with Gasteiger partial charge >= 0.3 is 0 Å². The molecule has 0 spiro atoms. The molecule has 0 amide bonds. The van der Waals surface area contributed by atoms with Crippen LogP contribution in [0.5, 0.6) is 0 Å². The van der Waals surface area contributed by atoms with Gasteiger partial charge in [0.05, 0.1) is 22.9 Å². The Morgan fingerprint density at radius 1 is 0.677 bits per heavy atom. The molecule has 3 heterocycles. The highest BCUT2D eigenvalue weighted by Gasteiger charge is 2.43. The van der Waals surface area contributed by atoms with Crippen LogP contribution in [0.25, 0.3) is 50.3 Å². The van der Waals surface area contributed by atoms with E-state index in [4.69, 9.17) is 9.98 Å². The Morgan fingerprint density at radius 2 is 1.52 bits per heavy atom. The number of anilines is 2. The van der Waals surface area contributed by atoms with Crippen molar-refractivity contribution in [1.29, 1.82) is 0 Å². The largest absolute Gasteiger partial charge is 0.351 e. The van der Waals surface area contributed by atoms with Crippen LogP contribution in [0.15, 0.2) is 174 Å². The zero-order chi connectivity index (χ0) is 40.7. The zero-order valence-corrected chi connectivity index (χ0v) is 34.7. The second kappa shape index (κ2) is 14.3. The number of fused-ring (bicyclic) bond motifs is 10. The molecule has 1 N–H and O–H groups in total. The summed E-state index contributed by atoms with van der Waals surface area (Å²) in [5, 5.41) is 10.0. The Hall–Kier alpha value is -6.98. The first-order valence-corrected chi connectivity index (χ1v) is 22.6. The van der Waals surface area contributed by atoms with Crippen LogP contribution in [0.4, 0.5) is 11.4 Å². The highest BCUT2D eigenvalue weighted by atomic mass is 15.2. The molecule has 0 radical (unpaired) electrons.